The Hall–Kier alpha value is -1.27. The van der Waals surface area contributed by atoms with Crippen LogP contribution in [0.1, 0.15) is 6.92 Å². The first kappa shape index (κ1) is 7.73. The highest BCUT2D eigenvalue weighted by atomic mass is 16.1. The quantitative estimate of drug-likeness (QED) is 0.329. The van der Waals surface area contributed by atoms with Crippen molar-refractivity contribution in [1.82, 2.24) is 0 Å². The van der Waals surface area contributed by atoms with Gasteiger partial charge in [0.25, 0.3) is 5.91 Å². The molecule has 0 saturated heterocycles. The van der Waals surface area contributed by atoms with Crippen LogP contribution in [0.25, 0.3) is 0 Å². The minimum Gasteiger partial charge on any atom is -0.365 e. The minimum absolute atomic E-state index is 0.317. The van der Waals surface area contributed by atoms with E-state index in [2.05, 4.69) is 12.3 Å². The van der Waals surface area contributed by atoms with Gasteiger partial charge in [0.05, 0.1) is 5.57 Å². The SMILES string of the molecule is C=C=C(/C=C/C)C(N)=O. The number of hydrogen-bond acceptors (Lipinski definition) is 1. The van der Waals surface area contributed by atoms with Crippen LogP contribution in [0, 0.1) is 0 Å². The van der Waals surface area contributed by atoms with Crippen molar-refractivity contribution in [3.63, 3.8) is 0 Å². The molecule has 9 heavy (non-hydrogen) atoms. The number of carbonyl (C=O) groups excluding carboxylic acids is 1. The summed E-state index contributed by atoms with van der Waals surface area (Å²) in [6, 6.07) is 0. The summed E-state index contributed by atoms with van der Waals surface area (Å²) in [5.74, 6) is -0.497. The third-order valence-corrected chi connectivity index (χ3v) is 0.789. The summed E-state index contributed by atoms with van der Waals surface area (Å²) in [6.45, 7) is 5.08. The second kappa shape index (κ2) is 3.70. The lowest BCUT2D eigenvalue weighted by atomic mass is 10.2. The van der Waals surface area contributed by atoms with E-state index in [4.69, 9.17) is 5.73 Å². The van der Waals surface area contributed by atoms with Crippen molar-refractivity contribution in [3.8, 4) is 0 Å². The standard InChI is InChI=1S/C7H9NO/c1-3-5-6(4-2)7(8)9/h3,5H,2H2,1H3,(H2,8,9)/b5-3+. The fraction of sp³-hybridized carbons (Fsp3) is 0.143. The molecule has 2 nitrogen and oxygen atoms in total. The predicted molar refractivity (Wildman–Crippen MR) is 36.7 cm³/mol. The molecule has 48 valence electrons. The molecule has 0 saturated carbocycles. The highest BCUT2D eigenvalue weighted by Gasteiger charge is 1.94. The molecular weight excluding hydrogens is 114 g/mol. The first-order valence-electron chi connectivity index (χ1n) is 2.55. The Kier molecular flexibility index (Phi) is 3.18. The van der Waals surface area contributed by atoms with Gasteiger partial charge in [0.2, 0.25) is 0 Å². The Labute approximate surface area is 54.4 Å². The molecule has 1 amide bonds. The molecule has 2 heteroatoms. The van der Waals surface area contributed by atoms with Crippen LogP contribution in [0.3, 0.4) is 0 Å². The Balaban J connectivity index is 4.38. The molecular formula is C7H9NO. The van der Waals surface area contributed by atoms with Crippen molar-refractivity contribution in [2.45, 2.75) is 6.92 Å². The van der Waals surface area contributed by atoms with E-state index in [-0.39, 0.29) is 0 Å². The summed E-state index contributed by atoms with van der Waals surface area (Å²) >= 11 is 0. The molecule has 0 spiro atoms. The van der Waals surface area contributed by atoms with Gasteiger partial charge in [-0.25, -0.2) is 0 Å². The molecule has 0 radical (unpaired) electrons. The fourth-order valence-electron chi connectivity index (χ4n) is 0.395. The number of amides is 1. The van der Waals surface area contributed by atoms with Crippen molar-refractivity contribution >= 4 is 5.91 Å². The molecule has 0 aromatic heterocycles. The van der Waals surface area contributed by atoms with Gasteiger partial charge in [-0.2, -0.15) is 0 Å². The Morgan fingerprint density at radius 1 is 1.78 bits per heavy atom. The van der Waals surface area contributed by atoms with Crippen molar-refractivity contribution in [2.24, 2.45) is 5.73 Å². The van der Waals surface area contributed by atoms with Crippen LogP contribution in [0.2, 0.25) is 0 Å². The van der Waals surface area contributed by atoms with Crippen LogP contribution >= 0.6 is 0 Å². The van der Waals surface area contributed by atoms with Gasteiger partial charge in [-0.1, -0.05) is 12.7 Å². The van der Waals surface area contributed by atoms with E-state index in [0.29, 0.717) is 5.57 Å². The zero-order chi connectivity index (χ0) is 7.28. The molecule has 0 unspecified atom stereocenters. The van der Waals surface area contributed by atoms with Gasteiger partial charge in [-0.15, -0.1) is 5.73 Å². The molecule has 0 fully saturated rings. The third-order valence-electron chi connectivity index (χ3n) is 0.789. The van der Waals surface area contributed by atoms with Gasteiger partial charge in [0, 0.05) is 0 Å². The second-order valence-corrected chi connectivity index (χ2v) is 1.45. The number of allylic oxidation sites excluding steroid dienone is 1. The van der Waals surface area contributed by atoms with Crippen molar-refractivity contribution in [3.05, 3.63) is 30.0 Å². The normalized spacial score (nSPS) is 9.00. The van der Waals surface area contributed by atoms with E-state index in [0.717, 1.165) is 0 Å². The zero-order valence-corrected chi connectivity index (χ0v) is 5.35. The van der Waals surface area contributed by atoms with Crippen LogP contribution in [0.5, 0.6) is 0 Å². The van der Waals surface area contributed by atoms with Crippen LogP contribution in [0.15, 0.2) is 30.0 Å². The van der Waals surface area contributed by atoms with E-state index >= 15 is 0 Å². The van der Waals surface area contributed by atoms with Crippen molar-refractivity contribution < 1.29 is 4.79 Å². The molecule has 0 atom stereocenters. The van der Waals surface area contributed by atoms with Crippen LogP contribution in [-0.4, -0.2) is 5.91 Å². The lowest BCUT2D eigenvalue weighted by Crippen LogP contribution is -2.11. The van der Waals surface area contributed by atoms with Gasteiger partial charge in [0.1, 0.15) is 0 Å². The van der Waals surface area contributed by atoms with Crippen molar-refractivity contribution in [2.75, 3.05) is 0 Å². The number of carbonyl (C=O) groups is 1. The maximum Gasteiger partial charge on any atom is 0.256 e. The summed E-state index contributed by atoms with van der Waals surface area (Å²) in [6.07, 6.45) is 3.27. The first-order valence-corrected chi connectivity index (χ1v) is 2.55. The number of hydrogen-bond donors (Lipinski definition) is 1. The van der Waals surface area contributed by atoms with Gasteiger partial charge >= 0.3 is 0 Å². The smallest absolute Gasteiger partial charge is 0.256 e. The molecule has 0 aliphatic carbocycles. The average molecular weight is 123 g/mol. The molecule has 2 N–H and O–H groups in total. The third kappa shape index (κ3) is 2.52. The summed E-state index contributed by atoms with van der Waals surface area (Å²) in [7, 11) is 0. The number of rotatable bonds is 2. The van der Waals surface area contributed by atoms with Gasteiger partial charge in [-0.05, 0) is 13.0 Å². The van der Waals surface area contributed by atoms with E-state index in [1.807, 2.05) is 0 Å². The molecule has 0 heterocycles. The average Bonchev–Trinajstić information content (AvgIpc) is 1.82. The second-order valence-electron chi connectivity index (χ2n) is 1.45. The molecule has 0 aliphatic rings. The number of primary amides is 1. The maximum atomic E-state index is 10.4. The monoisotopic (exact) mass is 123 g/mol. The van der Waals surface area contributed by atoms with E-state index in [1.54, 1.807) is 19.1 Å². The fourth-order valence-corrected chi connectivity index (χ4v) is 0.395. The first-order chi connectivity index (χ1) is 4.22. The molecule has 0 aliphatic heterocycles. The van der Waals surface area contributed by atoms with Crippen LogP contribution in [-0.2, 0) is 4.79 Å². The summed E-state index contributed by atoms with van der Waals surface area (Å²) < 4.78 is 0. The maximum absolute atomic E-state index is 10.4. The minimum atomic E-state index is -0.497. The molecule has 0 rings (SSSR count). The van der Waals surface area contributed by atoms with Crippen LogP contribution < -0.4 is 5.73 Å². The highest BCUT2D eigenvalue weighted by Crippen LogP contribution is 1.90. The van der Waals surface area contributed by atoms with E-state index in [9.17, 15) is 4.79 Å². The van der Waals surface area contributed by atoms with Gasteiger partial charge in [-0.3, -0.25) is 4.79 Å². The Morgan fingerprint density at radius 3 is 2.44 bits per heavy atom. The topological polar surface area (TPSA) is 43.1 Å². The Bertz CT molecular complexity index is 185. The van der Waals surface area contributed by atoms with E-state index < -0.39 is 5.91 Å². The zero-order valence-electron chi connectivity index (χ0n) is 5.35. The van der Waals surface area contributed by atoms with Crippen LogP contribution in [0.4, 0.5) is 0 Å². The Morgan fingerprint density at radius 2 is 2.33 bits per heavy atom. The molecule has 0 aromatic rings. The van der Waals surface area contributed by atoms with E-state index in [1.165, 1.54) is 0 Å². The lowest BCUT2D eigenvalue weighted by molar-refractivity contribution is -0.114. The summed E-state index contributed by atoms with van der Waals surface area (Å²) in [5, 5.41) is 0. The largest absolute Gasteiger partial charge is 0.365 e. The van der Waals surface area contributed by atoms with Crippen molar-refractivity contribution in [1.29, 1.82) is 0 Å². The summed E-state index contributed by atoms with van der Waals surface area (Å²) in [5.41, 5.74) is 7.63. The van der Waals surface area contributed by atoms with Gasteiger partial charge < -0.3 is 5.73 Å². The van der Waals surface area contributed by atoms with Gasteiger partial charge in [0.15, 0.2) is 0 Å². The molecule has 0 bridgehead atoms. The predicted octanol–water partition coefficient (Wildman–Crippen LogP) is 0.759. The lowest BCUT2D eigenvalue weighted by Gasteiger charge is -1.86. The number of nitrogens with two attached hydrogens (primary N) is 1. The molecule has 0 aromatic carbocycles. The highest BCUT2D eigenvalue weighted by molar-refractivity contribution is 5.94. The summed E-state index contributed by atoms with van der Waals surface area (Å²) in [4.78, 5) is 10.4.